The molecule has 0 aliphatic carbocycles. The summed E-state index contributed by atoms with van der Waals surface area (Å²) in [6, 6.07) is 12.9. The molecule has 0 spiro atoms. The second-order valence-electron chi connectivity index (χ2n) is 4.46. The van der Waals surface area contributed by atoms with Gasteiger partial charge in [0.2, 0.25) is 0 Å². The smallest absolute Gasteiger partial charge is 0.341 e. The lowest BCUT2D eigenvalue weighted by Crippen LogP contribution is -2.04. The number of carboxylic acid groups (broad SMARTS) is 1. The fourth-order valence-electron chi connectivity index (χ4n) is 2.13. The molecule has 106 valence electrons. The van der Waals surface area contributed by atoms with Crippen LogP contribution in [0, 0.1) is 0 Å². The zero-order valence-electron chi connectivity index (χ0n) is 10.9. The molecule has 0 saturated heterocycles. The number of fused-ring (bicyclic) bond motifs is 1. The third kappa shape index (κ3) is 2.73. The van der Waals surface area contributed by atoms with Crippen LogP contribution in [0.15, 0.2) is 47.8 Å². The van der Waals surface area contributed by atoms with Crippen LogP contribution in [-0.2, 0) is 6.61 Å². The number of carboxylic acids is 1. The molecule has 3 nitrogen and oxygen atoms in total. The van der Waals surface area contributed by atoms with E-state index in [1.54, 1.807) is 23.5 Å². The van der Waals surface area contributed by atoms with Gasteiger partial charge in [-0.15, -0.1) is 11.3 Å². The van der Waals surface area contributed by atoms with Crippen molar-refractivity contribution in [2.45, 2.75) is 6.61 Å². The lowest BCUT2D eigenvalue weighted by atomic mass is 10.2. The lowest BCUT2D eigenvalue weighted by Gasteiger charge is -2.09. The summed E-state index contributed by atoms with van der Waals surface area (Å²) in [5.41, 5.74) is 1.03. The highest BCUT2D eigenvalue weighted by molar-refractivity contribution is 7.17. The van der Waals surface area contributed by atoms with Gasteiger partial charge in [-0.2, -0.15) is 0 Å². The van der Waals surface area contributed by atoms with Gasteiger partial charge in [0.15, 0.2) is 0 Å². The average Bonchev–Trinajstić information content (AvgIpc) is 2.88. The van der Waals surface area contributed by atoms with Crippen molar-refractivity contribution in [3.05, 3.63) is 64.0 Å². The minimum Gasteiger partial charge on any atom is -0.488 e. The normalized spacial score (nSPS) is 10.7. The van der Waals surface area contributed by atoms with Gasteiger partial charge in [0.1, 0.15) is 17.9 Å². The molecule has 0 saturated carbocycles. The molecule has 1 aromatic heterocycles. The fraction of sp³-hybridized carbons (Fsp3) is 0.0625. The van der Waals surface area contributed by atoms with E-state index in [0.29, 0.717) is 6.61 Å². The second-order valence-corrected chi connectivity index (χ2v) is 5.78. The van der Waals surface area contributed by atoms with Crippen molar-refractivity contribution in [3.8, 4) is 5.75 Å². The predicted molar refractivity (Wildman–Crippen MR) is 84.6 cm³/mol. The Bertz CT molecular complexity index is 810. The summed E-state index contributed by atoms with van der Waals surface area (Å²) >= 11 is 7.56. The number of hydrogen-bond donors (Lipinski definition) is 1. The number of carbonyl (C=O) groups is 1. The van der Waals surface area contributed by atoms with Crippen molar-refractivity contribution < 1.29 is 14.6 Å². The van der Waals surface area contributed by atoms with Gasteiger partial charge in [-0.25, -0.2) is 4.79 Å². The highest BCUT2D eigenvalue weighted by Gasteiger charge is 2.16. The molecule has 0 unspecified atom stereocenters. The van der Waals surface area contributed by atoms with Crippen LogP contribution in [0.25, 0.3) is 10.1 Å². The molecule has 21 heavy (non-hydrogen) atoms. The zero-order valence-corrected chi connectivity index (χ0v) is 12.4. The maximum absolute atomic E-state index is 11.3. The van der Waals surface area contributed by atoms with Crippen LogP contribution in [0.2, 0.25) is 5.02 Å². The number of aromatic carboxylic acids is 1. The van der Waals surface area contributed by atoms with E-state index in [4.69, 9.17) is 16.3 Å². The minimum atomic E-state index is -1.09. The Morgan fingerprint density at radius 1 is 1.19 bits per heavy atom. The number of halogens is 1. The van der Waals surface area contributed by atoms with E-state index in [9.17, 15) is 9.90 Å². The van der Waals surface area contributed by atoms with E-state index in [-0.39, 0.29) is 16.3 Å². The maximum atomic E-state index is 11.3. The van der Waals surface area contributed by atoms with Gasteiger partial charge in [0.25, 0.3) is 0 Å². The molecule has 0 atom stereocenters. The Morgan fingerprint density at radius 3 is 2.81 bits per heavy atom. The number of benzene rings is 2. The van der Waals surface area contributed by atoms with Crippen LogP contribution in [0.3, 0.4) is 0 Å². The quantitative estimate of drug-likeness (QED) is 0.749. The number of thiophene rings is 1. The van der Waals surface area contributed by atoms with Crippen molar-refractivity contribution in [2.75, 3.05) is 0 Å². The number of hydrogen-bond acceptors (Lipinski definition) is 3. The SMILES string of the molecule is O=C(O)c1c(Cl)cccc1OCc1csc2ccccc12. The second kappa shape index (κ2) is 5.76. The van der Waals surface area contributed by atoms with Crippen molar-refractivity contribution in [1.82, 2.24) is 0 Å². The minimum absolute atomic E-state index is 0.00120. The van der Waals surface area contributed by atoms with E-state index in [0.717, 1.165) is 10.9 Å². The summed E-state index contributed by atoms with van der Waals surface area (Å²) < 4.78 is 6.85. The summed E-state index contributed by atoms with van der Waals surface area (Å²) in [7, 11) is 0. The molecule has 3 aromatic rings. The lowest BCUT2D eigenvalue weighted by molar-refractivity contribution is 0.0692. The summed E-state index contributed by atoms with van der Waals surface area (Å²) in [5.74, 6) is -0.809. The van der Waals surface area contributed by atoms with Gasteiger partial charge < -0.3 is 9.84 Å². The molecule has 0 aliphatic heterocycles. The third-order valence-corrected chi connectivity index (χ3v) is 4.46. The molecular formula is C16H11ClO3S. The molecule has 0 aliphatic rings. The van der Waals surface area contributed by atoms with Gasteiger partial charge in [-0.05, 0) is 29.0 Å². The van der Waals surface area contributed by atoms with Gasteiger partial charge in [-0.3, -0.25) is 0 Å². The van der Waals surface area contributed by atoms with Gasteiger partial charge in [0, 0.05) is 10.3 Å². The Kier molecular flexibility index (Phi) is 3.82. The maximum Gasteiger partial charge on any atom is 0.341 e. The summed E-state index contributed by atoms with van der Waals surface area (Å²) in [4.78, 5) is 11.3. The molecule has 0 fully saturated rings. The average molecular weight is 319 g/mol. The highest BCUT2D eigenvalue weighted by atomic mass is 35.5. The Morgan fingerprint density at radius 2 is 2.00 bits per heavy atom. The predicted octanol–water partition coefficient (Wildman–Crippen LogP) is 4.83. The van der Waals surface area contributed by atoms with Crippen LogP contribution in [0.1, 0.15) is 15.9 Å². The summed E-state index contributed by atoms with van der Waals surface area (Å²) in [5, 5.41) is 12.5. The van der Waals surface area contributed by atoms with E-state index < -0.39 is 5.97 Å². The summed E-state index contributed by atoms with van der Waals surface area (Å²) in [6.45, 7) is 0.310. The van der Waals surface area contributed by atoms with Crippen molar-refractivity contribution in [3.63, 3.8) is 0 Å². The van der Waals surface area contributed by atoms with E-state index >= 15 is 0 Å². The Balaban J connectivity index is 1.89. The molecule has 2 aromatic carbocycles. The van der Waals surface area contributed by atoms with Crippen LogP contribution in [0.5, 0.6) is 5.75 Å². The first kappa shape index (κ1) is 13.9. The first-order valence-corrected chi connectivity index (χ1v) is 7.52. The highest BCUT2D eigenvalue weighted by Crippen LogP contribution is 2.30. The van der Waals surface area contributed by atoms with Crippen molar-refractivity contribution in [1.29, 1.82) is 0 Å². The Labute approximate surface area is 130 Å². The zero-order chi connectivity index (χ0) is 14.8. The van der Waals surface area contributed by atoms with E-state index in [2.05, 4.69) is 0 Å². The van der Waals surface area contributed by atoms with Crippen LogP contribution >= 0.6 is 22.9 Å². The number of ether oxygens (including phenoxy) is 1. The molecule has 0 bridgehead atoms. The molecule has 0 amide bonds. The monoisotopic (exact) mass is 318 g/mol. The van der Waals surface area contributed by atoms with Crippen molar-refractivity contribution in [2.24, 2.45) is 0 Å². The van der Waals surface area contributed by atoms with Crippen LogP contribution < -0.4 is 4.74 Å². The standard InChI is InChI=1S/C16H11ClO3S/c17-12-5-3-6-13(15(12)16(18)19)20-8-10-9-21-14-7-2-1-4-11(10)14/h1-7,9H,8H2,(H,18,19). The molecule has 5 heteroatoms. The largest absolute Gasteiger partial charge is 0.488 e. The molecule has 1 heterocycles. The molecule has 1 N–H and O–H groups in total. The van der Waals surface area contributed by atoms with Crippen LogP contribution in [0.4, 0.5) is 0 Å². The summed E-state index contributed by atoms with van der Waals surface area (Å²) in [6.07, 6.45) is 0. The van der Waals surface area contributed by atoms with Gasteiger partial charge in [-0.1, -0.05) is 35.9 Å². The van der Waals surface area contributed by atoms with Crippen molar-refractivity contribution >= 4 is 39.0 Å². The van der Waals surface area contributed by atoms with Gasteiger partial charge >= 0.3 is 5.97 Å². The number of rotatable bonds is 4. The molecule has 0 radical (unpaired) electrons. The molecule has 3 rings (SSSR count). The first-order valence-electron chi connectivity index (χ1n) is 6.26. The fourth-order valence-corrected chi connectivity index (χ4v) is 3.33. The van der Waals surface area contributed by atoms with E-state index in [1.807, 2.05) is 29.6 Å². The molecular weight excluding hydrogens is 308 g/mol. The van der Waals surface area contributed by atoms with E-state index in [1.165, 1.54) is 10.8 Å². The van der Waals surface area contributed by atoms with Crippen LogP contribution in [-0.4, -0.2) is 11.1 Å². The third-order valence-electron chi connectivity index (χ3n) is 3.13. The van der Waals surface area contributed by atoms with Gasteiger partial charge in [0.05, 0.1) is 5.02 Å². The topological polar surface area (TPSA) is 46.5 Å². The Hall–Kier alpha value is -2.04. The first-order chi connectivity index (χ1) is 10.2.